The molecule has 1 unspecified atom stereocenters. The summed E-state index contributed by atoms with van der Waals surface area (Å²) in [6.07, 6.45) is 0.724. The Labute approximate surface area is 192 Å². The van der Waals surface area contributed by atoms with Gasteiger partial charge in [0.05, 0.1) is 13.2 Å². The number of nitrogens with one attached hydrogen (secondary N) is 1. The number of nitrogens with zero attached hydrogens (tertiary/aromatic N) is 2. The first kappa shape index (κ1) is 21.1. The summed E-state index contributed by atoms with van der Waals surface area (Å²) in [5.74, 6) is 0.451. The highest BCUT2D eigenvalue weighted by atomic mass is 19.1. The fourth-order valence-electron chi connectivity index (χ4n) is 4.67. The first-order chi connectivity index (χ1) is 16.0. The van der Waals surface area contributed by atoms with Crippen molar-refractivity contribution in [2.24, 2.45) is 0 Å². The van der Waals surface area contributed by atoms with E-state index in [1.807, 2.05) is 66.4 Å². The minimum absolute atomic E-state index is 0.0449. The number of aromatic amines is 1. The number of methoxy groups -OCH3 is 1. The monoisotopic (exact) mass is 443 g/mol. The SMILES string of the molecule is COc1ccc2[nH]c3c(c2c1)CCN(C(=O)c1ccc(N(C)C)cc1)C3c1ccc(F)cc1. The van der Waals surface area contributed by atoms with Gasteiger partial charge in [-0.05, 0) is 72.1 Å². The van der Waals surface area contributed by atoms with E-state index in [1.165, 1.54) is 17.7 Å². The van der Waals surface area contributed by atoms with Crippen LogP contribution in [-0.4, -0.2) is 43.5 Å². The lowest BCUT2D eigenvalue weighted by Crippen LogP contribution is -2.40. The molecule has 1 aromatic heterocycles. The minimum Gasteiger partial charge on any atom is -0.497 e. The number of rotatable bonds is 4. The van der Waals surface area contributed by atoms with E-state index in [9.17, 15) is 9.18 Å². The maximum atomic E-state index is 13.7. The highest BCUT2D eigenvalue weighted by molar-refractivity contribution is 5.96. The van der Waals surface area contributed by atoms with Crippen molar-refractivity contribution in [3.8, 4) is 5.75 Å². The van der Waals surface area contributed by atoms with Crippen LogP contribution in [-0.2, 0) is 6.42 Å². The van der Waals surface area contributed by atoms with Gasteiger partial charge in [-0.3, -0.25) is 4.79 Å². The van der Waals surface area contributed by atoms with E-state index >= 15 is 0 Å². The molecular formula is C27H26FN3O2. The summed E-state index contributed by atoms with van der Waals surface area (Å²) >= 11 is 0. The van der Waals surface area contributed by atoms with E-state index in [4.69, 9.17) is 4.74 Å². The summed E-state index contributed by atoms with van der Waals surface area (Å²) < 4.78 is 19.1. The molecule has 1 atom stereocenters. The van der Waals surface area contributed by atoms with Crippen LogP contribution in [0.2, 0.25) is 0 Å². The van der Waals surface area contributed by atoms with Gasteiger partial charge in [0.1, 0.15) is 11.6 Å². The normalized spacial score (nSPS) is 15.4. The van der Waals surface area contributed by atoms with Gasteiger partial charge < -0.3 is 19.5 Å². The number of carbonyl (C=O) groups is 1. The number of anilines is 1. The number of benzene rings is 3. The average Bonchev–Trinajstić information content (AvgIpc) is 3.21. The third kappa shape index (κ3) is 3.71. The summed E-state index contributed by atoms with van der Waals surface area (Å²) in [7, 11) is 5.60. The molecule has 5 nitrogen and oxygen atoms in total. The van der Waals surface area contributed by atoms with Gasteiger partial charge in [-0.2, -0.15) is 0 Å². The predicted octanol–water partition coefficient (Wildman–Crippen LogP) is 5.17. The molecule has 3 aromatic carbocycles. The summed E-state index contributed by atoms with van der Waals surface area (Å²) in [6, 6.07) is 19.7. The predicted molar refractivity (Wildman–Crippen MR) is 129 cm³/mol. The Morgan fingerprint density at radius 1 is 1.06 bits per heavy atom. The molecule has 6 heteroatoms. The van der Waals surface area contributed by atoms with E-state index in [2.05, 4.69) is 4.98 Å². The Kier molecular flexibility index (Phi) is 5.29. The molecule has 0 fully saturated rings. The van der Waals surface area contributed by atoms with Gasteiger partial charge in [0.15, 0.2) is 0 Å². The molecule has 2 heterocycles. The molecule has 0 bridgehead atoms. The van der Waals surface area contributed by atoms with Crippen LogP contribution in [0.4, 0.5) is 10.1 Å². The number of hydrogen-bond donors (Lipinski definition) is 1. The molecule has 1 aliphatic rings. The van der Waals surface area contributed by atoms with E-state index in [-0.39, 0.29) is 17.8 Å². The van der Waals surface area contributed by atoms with Crippen LogP contribution in [0.15, 0.2) is 66.7 Å². The van der Waals surface area contributed by atoms with Gasteiger partial charge in [0, 0.05) is 48.5 Å². The summed E-state index contributed by atoms with van der Waals surface area (Å²) in [6.45, 7) is 0.563. The molecule has 0 aliphatic carbocycles. The molecule has 0 radical (unpaired) electrons. The fourth-order valence-corrected chi connectivity index (χ4v) is 4.67. The highest BCUT2D eigenvalue weighted by Gasteiger charge is 2.35. The van der Waals surface area contributed by atoms with E-state index < -0.39 is 0 Å². The van der Waals surface area contributed by atoms with Gasteiger partial charge in [-0.25, -0.2) is 4.39 Å². The number of halogens is 1. The molecule has 168 valence electrons. The van der Waals surface area contributed by atoms with Crippen molar-refractivity contribution in [3.05, 3.63) is 94.9 Å². The Hall–Kier alpha value is -3.80. The van der Waals surface area contributed by atoms with Crippen molar-refractivity contribution in [1.29, 1.82) is 0 Å². The zero-order valence-electron chi connectivity index (χ0n) is 18.9. The Bertz CT molecular complexity index is 1310. The molecule has 5 rings (SSSR count). The van der Waals surface area contributed by atoms with Gasteiger partial charge in [0.2, 0.25) is 0 Å². The summed E-state index contributed by atoms with van der Waals surface area (Å²) in [5, 5.41) is 1.10. The lowest BCUT2D eigenvalue weighted by atomic mass is 9.91. The van der Waals surface area contributed by atoms with Crippen LogP contribution in [0.25, 0.3) is 10.9 Å². The lowest BCUT2D eigenvalue weighted by molar-refractivity contribution is 0.0692. The quantitative estimate of drug-likeness (QED) is 0.473. The lowest BCUT2D eigenvalue weighted by Gasteiger charge is -2.36. The molecule has 4 aromatic rings. The van der Waals surface area contributed by atoms with Crippen molar-refractivity contribution in [3.63, 3.8) is 0 Å². The number of ether oxygens (including phenoxy) is 1. The van der Waals surface area contributed by atoms with Crippen LogP contribution < -0.4 is 9.64 Å². The number of H-pyrrole nitrogens is 1. The number of amides is 1. The molecule has 1 aliphatic heterocycles. The number of aromatic nitrogens is 1. The van der Waals surface area contributed by atoms with Gasteiger partial charge in [0.25, 0.3) is 5.91 Å². The van der Waals surface area contributed by atoms with E-state index in [0.717, 1.165) is 40.0 Å². The molecule has 0 saturated heterocycles. The standard InChI is InChI=1S/C27H26FN3O2/c1-30(2)20-10-6-18(7-11-20)27(32)31-15-14-22-23-16-21(33-3)12-13-24(23)29-25(22)26(31)17-4-8-19(28)9-5-17/h4-13,16,26,29H,14-15H2,1-3H3. The molecule has 1 amide bonds. The molecule has 33 heavy (non-hydrogen) atoms. The maximum absolute atomic E-state index is 13.7. The van der Waals surface area contributed by atoms with Crippen LogP contribution in [0.5, 0.6) is 5.75 Å². The smallest absolute Gasteiger partial charge is 0.254 e. The molecule has 0 spiro atoms. The molecule has 0 saturated carbocycles. The second kappa shape index (κ2) is 8.28. The van der Waals surface area contributed by atoms with Crippen LogP contribution in [0.3, 0.4) is 0 Å². The van der Waals surface area contributed by atoms with Crippen LogP contribution >= 0.6 is 0 Å². The average molecular weight is 444 g/mol. The van der Waals surface area contributed by atoms with Crippen molar-refractivity contribution in [2.75, 3.05) is 32.6 Å². The Morgan fingerprint density at radius 2 is 1.79 bits per heavy atom. The highest BCUT2D eigenvalue weighted by Crippen LogP contribution is 2.40. The molecular weight excluding hydrogens is 417 g/mol. The third-order valence-corrected chi connectivity index (χ3v) is 6.41. The topological polar surface area (TPSA) is 48.6 Å². The zero-order chi connectivity index (χ0) is 23.1. The summed E-state index contributed by atoms with van der Waals surface area (Å²) in [5.41, 5.74) is 5.67. The minimum atomic E-state index is -0.339. The third-order valence-electron chi connectivity index (χ3n) is 6.41. The number of hydrogen-bond acceptors (Lipinski definition) is 3. The van der Waals surface area contributed by atoms with E-state index in [1.54, 1.807) is 19.2 Å². The summed E-state index contributed by atoms with van der Waals surface area (Å²) in [4.78, 5) is 21.1. The van der Waals surface area contributed by atoms with Gasteiger partial charge >= 0.3 is 0 Å². The first-order valence-electron chi connectivity index (χ1n) is 11.0. The zero-order valence-corrected chi connectivity index (χ0v) is 18.9. The van der Waals surface area contributed by atoms with E-state index in [0.29, 0.717) is 12.1 Å². The number of carbonyl (C=O) groups excluding carboxylic acids is 1. The fraction of sp³-hybridized carbons (Fsp3) is 0.222. The Balaban J connectivity index is 1.61. The van der Waals surface area contributed by atoms with Crippen molar-refractivity contribution >= 4 is 22.5 Å². The van der Waals surface area contributed by atoms with Crippen molar-refractivity contribution < 1.29 is 13.9 Å². The van der Waals surface area contributed by atoms with Crippen LogP contribution in [0.1, 0.15) is 33.2 Å². The van der Waals surface area contributed by atoms with Gasteiger partial charge in [-0.15, -0.1) is 0 Å². The Morgan fingerprint density at radius 3 is 2.45 bits per heavy atom. The first-order valence-corrected chi connectivity index (χ1v) is 11.0. The second-order valence-electron chi connectivity index (χ2n) is 8.57. The molecule has 1 N–H and O–H groups in total. The van der Waals surface area contributed by atoms with Crippen molar-refractivity contribution in [2.45, 2.75) is 12.5 Å². The van der Waals surface area contributed by atoms with Crippen LogP contribution in [0, 0.1) is 5.82 Å². The van der Waals surface area contributed by atoms with Crippen molar-refractivity contribution in [1.82, 2.24) is 9.88 Å². The maximum Gasteiger partial charge on any atom is 0.254 e. The second-order valence-corrected chi connectivity index (χ2v) is 8.57. The largest absolute Gasteiger partial charge is 0.497 e. The number of fused-ring (bicyclic) bond motifs is 3. The van der Waals surface area contributed by atoms with Gasteiger partial charge in [-0.1, -0.05) is 12.1 Å².